The van der Waals surface area contributed by atoms with Crippen molar-refractivity contribution in [1.82, 2.24) is 4.90 Å². The zero-order chi connectivity index (χ0) is 19.2. The number of hydrogen-bond donors (Lipinski definition) is 0. The summed E-state index contributed by atoms with van der Waals surface area (Å²) in [5.41, 5.74) is 2.74. The molecule has 2 bridgehead atoms. The molecule has 0 aliphatic carbocycles. The van der Waals surface area contributed by atoms with Crippen LogP contribution < -0.4 is 0 Å². The second kappa shape index (κ2) is 9.71. The van der Waals surface area contributed by atoms with Gasteiger partial charge in [-0.25, -0.2) is 0 Å². The molecule has 0 amide bonds. The van der Waals surface area contributed by atoms with Crippen molar-refractivity contribution in [2.75, 3.05) is 6.54 Å². The molecule has 0 spiro atoms. The van der Waals surface area contributed by atoms with E-state index in [4.69, 9.17) is 4.74 Å². The minimum absolute atomic E-state index is 0.202. The Morgan fingerprint density at radius 1 is 0.929 bits per heavy atom. The van der Waals surface area contributed by atoms with Crippen molar-refractivity contribution in [2.24, 2.45) is 0 Å². The van der Waals surface area contributed by atoms with Crippen molar-refractivity contribution in [3.8, 4) is 0 Å². The SMILES string of the molecule is CCCCN1[C@@H]2CC[C@H]1CC(OC(CCc1ccccc1)c1ccccc1)C2. The van der Waals surface area contributed by atoms with Crippen LogP contribution in [0.25, 0.3) is 0 Å². The summed E-state index contributed by atoms with van der Waals surface area (Å²) < 4.78 is 6.81. The maximum atomic E-state index is 6.81. The lowest BCUT2D eigenvalue weighted by Gasteiger charge is -2.40. The van der Waals surface area contributed by atoms with Gasteiger partial charge in [0.2, 0.25) is 0 Å². The van der Waals surface area contributed by atoms with Crippen molar-refractivity contribution >= 4 is 0 Å². The molecule has 4 atom stereocenters. The van der Waals surface area contributed by atoms with Gasteiger partial charge in [-0.15, -0.1) is 0 Å². The number of ether oxygens (including phenoxy) is 1. The summed E-state index contributed by atoms with van der Waals surface area (Å²) in [6, 6.07) is 23.2. The molecular weight excluding hydrogens is 342 g/mol. The van der Waals surface area contributed by atoms with Crippen LogP contribution >= 0.6 is 0 Å². The lowest BCUT2D eigenvalue weighted by atomic mass is 9.97. The van der Waals surface area contributed by atoms with Gasteiger partial charge in [0, 0.05) is 12.1 Å². The summed E-state index contributed by atoms with van der Waals surface area (Å²) in [5.74, 6) is 0. The lowest BCUT2D eigenvalue weighted by molar-refractivity contribution is -0.0652. The van der Waals surface area contributed by atoms with Gasteiger partial charge < -0.3 is 4.74 Å². The molecule has 2 aromatic rings. The first-order chi connectivity index (χ1) is 13.8. The summed E-state index contributed by atoms with van der Waals surface area (Å²) in [6.07, 6.45) is 10.5. The number of hydrogen-bond acceptors (Lipinski definition) is 2. The number of aryl methyl sites for hydroxylation is 1. The van der Waals surface area contributed by atoms with Gasteiger partial charge in [-0.1, -0.05) is 74.0 Å². The van der Waals surface area contributed by atoms with Gasteiger partial charge in [0.1, 0.15) is 0 Å². The highest BCUT2D eigenvalue weighted by atomic mass is 16.5. The molecule has 2 saturated heterocycles. The van der Waals surface area contributed by atoms with Crippen molar-refractivity contribution in [2.45, 2.75) is 82.6 Å². The quantitative estimate of drug-likeness (QED) is 0.518. The van der Waals surface area contributed by atoms with Gasteiger partial charge in [0.25, 0.3) is 0 Å². The molecule has 2 heteroatoms. The van der Waals surface area contributed by atoms with E-state index in [1.165, 1.54) is 56.2 Å². The average Bonchev–Trinajstić information content (AvgIpc) is 2.98. The van der Waals surface area contributed by atoms with E-state index in [0.29, 0.717) is 6.10 Å². The predicted octanol–water partition coefficient (Wildman–Crippen LogP) is 6.17. The zero-order valence-corrected chi connectivity index (χ0v) is 17.3. The Balaban J connectivity index is 1.40. The van der Waals surface area contributed by atoms with Crippen LogP contribution in [0.2, 0.25) is 0 Å². The Morgan fingerprint density at radius 3 is 2.21 bits per heavy atom. The fourth-order valence-corrected chi connectivity index (χ4v) is 5.20. The highest BCUT2D eigenvalue weighted by molar-refractivity contribution is 5.19. The van der Waals surface area contributed by atoms with Crippen molar-refractivity contribution in [3.05, 3.63) is 71.8 Å². The minimum Gasteiger partial charge on any atom is -0.370 e. The molecule has 0 saturated carbocycles. The lowest BCUT2D eigenvalue weighted by Crippen LogP contribution is -2.46. The predicted molar refractivity (Wildman–Crippen MR) is 116 cm³/mol. The Bertz CT molecular complexity index is 687. The van der Waals surface area contributed by atoms with Crippen LogP contribution in [0, 0.1) is 0 Å². The third-order valence-electron chi connectivity index (χ3n) is 6.68. The Morgan fingerprint density at radius 2 is 1.57 bits per heavy atom. The zero-order valence-electron chi connectivity index (χ0n) is 17.3. The number of nitrogens with zero attached hydrogens (tertiary/aromatic N) is 1. The molecule has 2 nitrogen and oxygen atoms in total. The number of fused-ring (bicyclic) bond motifs is 2. The Labute approximate surface area is 170 Å². The van der Waals surface area contributed by atoms with Crippen LogP contribution in [0.1, 0.15) is 69.1 Å². The summed E-state index contributed by atoms with van der Waals surface area (Å²) >= 11 is 0. The van der Waals surface area contributed by atoms with Crippen LogP contribution in [-0.4, -0.2) is 29.6 Å². The Kier molecular flexibility index (Phi) is 6.82. The van der Waals surface area contributed by atoms with E-state index >= 15 is 0 Å². The molecule has 4 rings (SSSR count). The monoisotopic (exact) mass is 377 g/mol. The van der Waals surface area contributed by atoms with E-state index in [9.17, 15) is 0 Å². The van der Waals surface area contributed by atoms with Crippen LogP contribution in [0.5, 0.6) is 0 Å². The van der Waals surface area contributed by atoms with Crippen molar-refractivity contribution < 1.29 is 4.74 Å². The van der Waals surface area contributed by atoms with E-state index in [-0.39, 0.29) is 6.10 Å². The van der Waals surface area contributed by atoms with Crippen molar-refractivity contribution in [3.63, 3.8) is 0 Å². The molecule has 28 heavy (non-hydrogen) atoms. The molecule has 2 aliphatic rings. The van der Waals surface area contributed by atoms with Gasteiger partial charge in [-0.05, 0) is 62.6 Å². The molecule has 2 heterocycles. The first-order valence-electron chi connectivity index (χ1n) is 11.3. The van der Waals surface area contributed by atoms with Gasteiger partial charge in [0.15, 0.2) is 0 Å². The van der Waals surface area contributed by atoms with Crippen LogP contribution in [0.4, 0.5) is 0 Å². The topological polar surface area (TPSA) is 12.5 Å². The van der Waals surface area contributed by atoms with Crippen LogP contribution in [-0.2, 0) is 11.2 Å². The molecular formula is C26H35NO. The second-order valence-electron chi connectivity index (χ2n) is 8.63. The summed E-state index contributed by atoms with van der Waals surface area (Å²) in [4.78, 5) is 2.80. The smallest absolute Gasteiger partial charge is 0.0831 e. The average molecular weight is 378 g/mol. The highest BCUT2D eigenvalue weighted by Gasteiger charge is 2.41. The van der Waals surface area contributed by atoms with Gasteiger partial charge in [-0.3, -0.25) is 4.90 Å². The van der Waals surface area contributed by atoms with Gasteiger partial charge in [-0.2, -0.15) is 0 Å². The number of piperidine rings is 1. The molecule has 2 fully saturated rings. The van der Waals surface area contributed by atoms with E-state index in [2.05, 4.69) is 72.5 Å². The number of rotatable bonds is 9. The molecule has 2 aromatic carbocycles. The molecule has 0 N–H and O–H groups in total. The molecule has 150 valence electrons. The van der Waals surface area contributed by atoms with E-state index in [0.717, 1.165) is 24.9 Å². The highest BCUT2D eigenvalue weighted by Crippen LogP contribution is 2.39. The third-order valence-corrected chi connectivity index (χ3v) is 6.68. The van der Waals surface area contributed by atoms with Crippen LogP contribution in [0.3, 0.4) is 0 Å². The van der Waals surface area contributed by atoms with Crippen molar-refractivity contribution in [1.29, 1.82) is 0 Å². The molecule has 0 radical (unpaired) electrons. The van der Waals surface area contributed by atoms with E-state index in [1.54, 1.807) is 0 Å². The maximum absolute atomic E-state index is 6.81. The van der Waals surface area contributed by atoms with Crippen LogP contribution in [0.15, 0.2) is 60.7 Å². The van der Waals surface area contributed by atoms with Gasteiger partial charge in [0.05, 0.1) is 12.2 Å². The second-order valence-corrected chi connectivity index (χ2v) is 8.63. The fourth-order valence-electron chi connectivity index (χ4n) is 5.20. The summed E-state index contributed by atoms with van der Waals surface area (Å²) in [5, 5.41) is 0. The fraction of sp³-hybridized carbons (Fsp3) is 0.538. The Hall–Kier alpha value is -1.64. The summed E-state index contributed by atoms with van der Waals surface area (Å²) in [6.45, 7) is 3.59. The number of unbranched alkanes of at least 4 members (excludes halogenated alkanes) is 1. The largest absolute Gasteiger partial charge is 0.370 e. The first-order valence-corrected chi connectivity index (χ1v) is 11.3. The van der Waals surface area contributed by atoms with E-state index in [1.807, 2.05) is 0 Å². The standard InChI is InChI=1S/C26H35NO/c1-2-3-18-27-23-15-16-24(27)20-25(19-23)28-26(22-12-8-5-9-13-22)17-14-21-10-6-4-7-11-21/h4-13,23-26H,2-3,14-20H2,1H3/t23-,24+,25?,26?. The van der Waals surface area contributed by atoms with E-state index < -0.39 is 0 Å². The maximum Gasteiger partial charge on any atom is 0.0831 e. The third kappa shape index (κ3) is 4.85. The molecule has 0 aromatic heterocycles. The summed E-state index contributed by atoms with van der Waals surface area (Å²) in [7, 11) is 0. The molecule has 2 unspecified atom stereocenters. The number of benzene rings is 2. The van der Waals surface area contributed by atoms with Gasteiger partial charge >= 0.3 is 0 Å². The minimum atomic E-state index is 0.202. The first kappa shape index (κ1) is 19.7. The molecule has 2 aliphatic heterocycles. The normalized spacial score (nSPS) is 25.7.